The molecule has 1 N–H and O–H groups in total. The standard InChI is InChI=1S/C13H18N2O3S/c1-8-5-3-4-6-10(8)15(2)12(16)11-14-9(7-19-11)13(17)18/h7-8,10H,3-6H2,1-2H3,(H,17,18). The second-order valence-electron chi connectivity index (χ2n) is 5.09. The van der Waals surface area contributed by atoms with Gasteiger partial charge in [-0.2, -0.15) is 0 Å². The van der Waals surface area contributed by atoms with Gasteiger partial charge in [-0.25, -0.2) is 9.78 Å². The lowest BCUT2D eigenvalue weighted by atomic mass is 9.85. The highest BCUT2D eigenvalue weighted by Gasteiger charge is 2.29. The number of nitrogens with zero attached hydrogens (tertiary/aromatic N) is 2. The topological polar surface area (TPSA) is 70.5 Å². The van der Waals surface area contributed by atoms with Crippen molar-refractivity contribution in [2.24, 2.45) is 5.92 Å². The predicted molar refractivity (Wildman–Crippen MR) is 72.6 cm³/mol. The van der Waals surface area contributed by atoms with Crippen molar-refractivity contribution in [3.05, 3.63) is 16.1 Å². The molecule has 2 unspecified atom stereocenters. The second-order valence-corrected chi connectivity index (χ2v) is 5.95. The monoisotopic (exact) mass is 282 g/mol. The molecule has 19 heavy (non-hydrogen) atoms. The third-order valence-corrected chi connectivity index (χ3v) is 4.62. The first-order valence-electron chi connectivity index (χ1n) is 6.46. The molecule has 104 valence electrons. The molecule has 6 heteroatoms. The number of carboxylic acids is 1. The Balaban J connectivity index is 2.11. The molecule has 1 saturated carbocycles. The largest absolute Gasteiger partial charge is 0.476 e. The van der Waals surface area contributed by atoms with E-state index in [0.717, 1.165) is 30.6 Å². The van der Waals surface area contributed by atoms with Crippen LogP contribution in [-0.2, 0) is 0 Å². The number of aromatic carboxylic acids is 1. The summed E-state index contributed by atoms with van der Waals surface area (Å²) < 4.78 is 0. The van der Waals surface area contributed by atoms with E-state index in [1.807, 2.05) is 0 Å². The molecule has 1 aliphatic carbocycles. The fourth-order valence-corrected chi connectivity index (χ4v) is 3.42. The van der Waals surface area contributed by atoms with Crippen molar-refractivity contribution in [3.63, 3.8) is 0 Å². The SMILES string of the molecule is CC1CCCCC1N(C)C(=O)c1nc(C(=O)O)cs1. The van der Waals surface area contributed by atoms with Crippen LogP contribution in [-0.4, -0.2) is 40.0 Å². The maximum Gasteiger partial charge on any atom is 0.355 e. The highest BCUT2D eigenvalue weighted by Crippen LogP contribution is 2.28. The molecule has 0 aliphatic heterocycles. The van der Waals surface area contributed by atoms with Crippen LogP contribution in [0.1, 0.15) is 52.9 Å². The van der Waals surface area contributed by atoms with E-state index in [1.165, 1.54) is 11.8 Å². The number of hydrogen-bond donors (Lipinski definition) is 1. The predicted octanol–water partition coefficient (Wildman–Crippen LogP) is 2.49. The molecule has 1 aromatic rings. The lowest BCUT2D eigenvalue weighted by molar-refractivity contribution is 0.0628. The van der Waals surface area contributed by atoms with Gasteiger partial charge < -0.3 is 10.0 Å². The van der Waals surface area contributed by atoms with E-state index in [0.29, 0.717) is 5.92 Å². The quantitative estimate of drug-likeness (QED) is 0.924. The Morgan fingerprint density at radius 3 is 2.68 bits per heavy atom. The zero-order chi connectivity index (χ0) is 14.0. The van der Waals surface area contributed by atoms with E-state index in [4.69, 9.17) is 5.11 Å². The maximum atomic E-state index is 12.3. The van der Waals surface area contributed by atoms with Crippen LogP contribution in [0.25, 0.3) is 0 Å². The molecule has 0 aromatic carbocycles. The summed E-state index contributed by atoms with van der Waals surface area (Å²) in [4.78, 5) is 28.7. The minimum absolute atomic E-state index is 0.0570. The van der Waals surface area contributed by atoms with Crippen molar-refractivity contribution in [1.82, 2.24) is 9.88 Å². The van der Waals surface area contributed by atoms with E-state index in [9.17, 15) is 9.59 Å². The Kier molecular flexibility index (Phi) is 4.19. The summed E-state index contributed by atoms with van der Waals surface area (Å²) in [6, 6.07) is 0.235. The molecule has 2 atom stereocenters. The third kappa shape index (κ3) is 2.94. The van der Waals surface area contributed by atoms with Crippen LogP contribution in [0.15, 0.2) is 5.38 Å². The van der Waals surface area contributed by atoms with E-state index >= 15 is 0 Å². The van der Waals surface area contributed by atoms with Crippen LogP contribution >= 0.6 is 11.3 Å². The van der Waals surface area contributed by atoms with Crippen molar-refractivity contribution in [2.45, 2.75) is 38.6 Å². The summed E-state index contributed by atoms with van der Waals surface area (Å²) in [5.41, 5.74) is -0.0570. The Morgan fingerprint density at radius 2 is 2.11 bits per heavy atom. The lowest BCUT2D eigenvalue weighted by Crippen LogP contribution is -2.42. The minimum Gasteiger partial charge on any atom is -0.476 e. The summed E-state index contributed by atoms with van der Waals surface area (Å²) in [5.74, 6) is -0.776. The highest BCUT2D eigenvalue weighted by atomic mass is 32.1. The van der Waals surface area contributed by atoms with Gasteiger partial charge in [-0.1, -0.05) is 19.8 Å². The fourth-order valence-electron chi connectivity index (χ4n) is 2.64. The van der Waals surface area contributed by atoms with Crippen LogP contribution in [0.5, 0.6) is 0 Å². The Bertz CT molecular complexity index is 486. The zero-order valence-corrected chi connectivity index (χ0v) is 11.9. The van der Waals surface area contributed by atoms with E-state index in [2.05, 4.69) is 11.9 Å². The van der Waals surface area contributed by atoms with Gasteiger partial charge in [0, 0.05) is 18.5 Å². The van der Waals surface area contributed by atoms with E-state index in [1.54, 1.807) is 11.9 Å². The van der Waals surface area contributed by atoms with Crippen LogP contribution in [0, 0.1) is 5.92 Å². The number of carboxylic acid groups (broad SMARTS) is 1. The number of amides is 1. The van der Waals surface area contributed by atoms with Gasteiger partial charge >= 0.3 is 5.97 Å². The van der Waals surface area contributed by atoms with Gasteiger partial charge in [0.1, 0.15) is 0 Å². The minimum atomic E-state index is -1.09. The molecular weight excluding hydrogens is 264 g/mol. The molecule has 1 aliphatic rings. The van der Waals surface area contributed by atoms with Gasteiger partial charge in [0.15, 0.2) is 10.7 Å². The Morgan fingerprint density at radius 1 is 1.42 bits per heavy atom. The van der Waals surface area contributed by atoms with Gasteiger partial charge in [0.05, 0.1) is 0 Å². The van der Waals surface area contributed by atoms with Gasteiger partial charge in [-0.05, 0) is 18.8 Å². The average molecular weight is 282 g/mol. The molecule has 0 radical (unpaired) electrons. The first-order chi connectivity index (χ1) is 9.00. The van der Waals surface area contributed by atoms with Gasteiger partial charge in [0.2, 0.25) is 0 Å². The summed E-state index contributed by atoms with van der Waals surface area (Å²) in [6.07, 6.45) is 4.52. The number of carbonyl (C=O) groups excluding carboxylic acids is 1. The first kappa shape index (κ1) is 14.0. The van der Waals surface area contributed by atoms with Crippen molar-refractivity contribution in [1.29, 1.82) is 0 Å². The average Bonchev–Trinajstić information content (AvgIpc) is 2.87. The van der Waals surface area contributed by atoms with Crippen LogP contribution < -0.4 is 0 Å². The molecule has 0 spiro atoms. The molecule has 2 rings (SSSR count). The molecular formula is C13H18N2O3S. The fraction of sp³-hybridized carbons (Fsp3) is 0.615. The third-order valence-electron chi connectivity index (χ3n) is 3.79. The first-order valence-corrected chi connectivity index (χ1v) is 7.34. The molecule has 1 amide bonds. The molecule has 5 nitrogen and oxygen atoms in total. The Labute approximate surface area is 116 Å². The number of carbonyl (C=O) groups is 2. The molecule has 1 aromatic heterocycles. The van der Waals surface area contributed by atoms with E-state index < -0.39 is 5.97 Å². The van der Waals surface area contributed by atoms with Crippen molar-refractivity contribution >= 4 is 23.2 Å². The normalized spacial score (nSPS) is 23.1. The molecule has 1 heterocycles. The molecule has 1 fully saturated rings. The van der Waals surface area contributed by atoms with Gasteiger partial charge in [-0.3, -0.25) is 4.79 Å². The van der Waals surface area contributed by atoms with Gasteiger partial charge in [0.25, 0.3) is 5.91 Å². The summed E-state index contributed by atoms with van der Waals surface area (Å²) in [6.45, 7) is 2.16. The Hall–Kier alpha value is -1.43. The second kappa shape index (κ2) is 5.69. The van der Waals surface area contributed by atoms with E-state index in [-0.39, 0.29) is 22.7 Å². The zero-order valence-electron chi connectivity index (χ0n) is 11.1. The van der Waals surface area contributed by atoms with Crippen LogP contribution in [0.2, 0.25) is 0 Å². The number of rotatable bonds is 3. The molecule has 0 bridgehead atoms. The summed E-state index contributed by atoms with van der Waals surface area (Å²) in [7, 11) is 1.79. The van der Waals surface area contributed by atoms with Crippen molar-refractivity contribution in [2.75, 3.05) is 7.05 Å². The number of thiazole rings is 1. The molecule has 0 saturated heterocycles. The summed E-state index contributed by atoms with van der Waals surface area (Å²) in [5, 5.41) is 10.5. The highest BCUT2D eigenvalue weighted by molar-refractivity contribution is 7.11. The van der Waals surface area contributed by atoms with Crippen LogP contribution in [0.4, 0.5) is 0 Å². The number of hydrogen-bond acceptors (Lipinski definition) is 4. The van der Waals surface area contributed by atoms with Crippen molar-refractivity contribution in [3.8, 4) is 0 Å². The van der Waals surface area contributed by atoms with Crippen molar-refractivity contribution < 1.29 is 14.7 Å². The van der Waals surface area contributed by atoms with Crippen LogP contribution in [0.3, 0.4) is 0 Å². The number of aromatic nitrogens is 1. The summed E-state index contributed by atoms with van der Waals surface area (Å²) >= 11 is 1.10. The van der Waals surface area contributed by atoms with Gasteiger partial charge in [-0.15, -0.1) is 11.3 Å². The smallest absolute Gasteiger partial charge is 0.355 e. The maximum absolute atomic E-state index is 12.3. The lowest BCUT2D eigenvalue weighted by Gasteiger charge is -2.35.